The molecule has 0 radical (unpaired) electrons. The molecule has 0 amide bonds. The van der Waals surface area contributed by atoms with Crippen LogP contribution in [0.2, 0.25) is 0 Å². The second-order valence-corrected chi connectivity index (χ2v) is 8.76. The SMILES string of the molecule is O=C(O)c1nn(CCCO)c2ccccc12.O=C(O)c1nn(CCCOCc2ccccc2)c2ccccc12. The van der Waals surface area contributed by atoms with Crippen LogP contribution >= 0.6 is 0 Å². The summed E-state index contributed by atoms with van der Waals surface area (Å²) in [5, 5.41) is 36.5. The Morgan fingerprint density at radius 3 is 1.69 bits per heavy atom. The number of carboxylic acids is 2. The summed E-state index contributed by atoms with van der Waals surface area (Å²) in [5.74, 6) is -2.03. The number of hydrogen-bond acceptors (Lipinski definition) is 6. The van der Waals surface area contributed by atoms with E-state index in [9.17, 15) is 14.7 Å². The predicted octanol–water partition coefficient (Wildman–Crippen LogP) is 4.46. The molecule has 0 atom stereocenters. The predicted molar refractivity (Wildman–Crippen MR) is 146 cm³/mol. The van der Waals surface area contributed by atoms with Crippen LogP contribution in [-0.4, -0.2) is 60.0 Å². The number of aliphatic hydroxyl groups excluding tert-OH is 1. The normalized spacial score (nSPS) is 10.9. The van der Waals surface area contributed by atoms with Crippen molar-refractivity contribution in [3.8, 4) is 0 Å². The topological polar surface area (TPSA) is 140 Å². The Morgan fingerprint density at radius 1 is 0.692 bits per heavy atom. The number of fused-ring (bicyclic) bond motifs is 2. The maximum atomic E-state index is 11.3. The maximum absolute atomic E-state index is 11.3. The fraction of sp³-hybridized carbons (Fsp3) is 0.241. The number of nitrogens with zero attached hydrogens (tertiary/aromatic N) is 4. The average Bonchev–Trinajstić information content (AvgIpc) is 3.52. The minimum absolute atomic E-state index is 0.0635. The number of aryl methyl sites for hydroxylation is 2. The largest absolute Gasteiger partial charge is 0.476 e. The third-order valence-electron chi connectivity index (χ3n) is 6.02. The van der Waals surface area contributed by atoms with Gasteiger partial charge in [-0.15, -0.1) is 0 Å². The molecule has 0 saturated heterocycles. The molecule has 0 aliphatic rings. The number of ether oxygens (including phenoxy) is 1. The lowest BCUT2D eigenvalue weighted by Crippen LogP contribution is -2.06. The number of carboxylic acid groups (broad SMARTS) is 2. The summed E-state index contributed by atoms with van der Waals surface area (Å²) in [5.41, 5.74) is 2.94. The van der Waals surface area contributed by atoms with E-state index in [1.54, 1.807) is 27.6 Å². The first kappa shape index (κ1) is 27.5. The third kappa shape index (κ3) is 6.86. The van der Waals surface area contributed by atoms with Gasteiger partial charge in [0.1, 0.15) is 0 Å². The zero-order valence-corrected chi connectivity index (χ0v) is 21.3. The fourth-order valence-corrected chi connectivity index (χ4v) is 4.21. The van der Waals surface area contributed by atoms with Gasteiger partial charge in [-0.1, -0.05) is 66.7 Å². The van der Waals surface area contributed by atoms with Crippen LogP contribution in [-0.2, 0) is 24.4 Å². The molecule has 0 spiro atoms. The van der Waals surface area contributed by atoms with Gasteiger partial charge in [0, 0.05) is 37.1 Å². The van der Waals surface area contributed by atoms with Gasteiger partial charge in [-0.05, 0) is 30.5 Å². The van der Waals surface area contributed by atoms with Crippen LogP contribution in [0.4, 0.5) is 0 Å². The molecule has 2 aromatic heterocycles. The van der Waals surface area contributed by atoms with Crippen LogP contribution in [0.15, 0.2) is 78.9 Å². The van der Waals surface area contributed by atoms with Gasteiger partial charge in [-0.2, -0.15) is 10.2 Å². The van der Waals surface area contributed by atoms with Crippen LogP contribution in [0.5, 0.6) is 0 Å². The van der Waals surface area contributed by atoms with Gasteiger partial charge in [0.25, 0.3) is 0 Å². The van der Waals surface area contributed by atoms with Crippen molar-refractivity contribution in [2.24, 2.45) is 0 Å². The minimum atomic E-state index is -1.03. The smallest absolute Gasteiger partial charge is 0.357 e. The van der Waals surface area contributed by atoms with E-state index in [1.165, 1.54) is 0 Å². The van der Waals surface area contributed by atoms with E-state index in [4.69, 9.17) is 14.9 Å². The number of aromatic nitrogens is 4. The first-order valence-corrected chi connectivity index (χ1v) is 12.6. The Morgan fingerprint density at radius 2 is 1.18 bits per heavy atom. The van der Waals surface area contributed by atoms with E-state index in [0.717, 1.165) is 23.0 Å². The molecule has 5 rings (SSSR count). The van der Waals surface area contributed by atoms with E-state index in [2.05, 4.69) is 10.2 Å². The molecule has 3 N–H and O–H groups in total. The third-order valence-corrected chi connectivity index (χ3v) is 6.02. The average molecular weight is 531 g/mol. The van der Waals surface area contributed by atoms with Crippen molar-refractivity contribution in [3.63, 3.8) is 0 Å². The summed E-state index contributed by atoms with van der Waals surface area (Å²) in [7, 11) is 0. The summed E-state index contributed by atoms with van der Waals surface area (Å²) in [4.78, 5) is 22.2. The molecule has 0 fully saturated rings. The highest BCUT2D eigenvalue weighted by Crippen LogP contribution is 2.19. The molecule has 3 aromatic carbocycles. The molecule has 2 heterocycles. The number of benzene rings is 3. The summed E-state index contributed by atoms with van der Waals surface area (Å²) >= 11 is 0. The van der Waals surface area contributed by atoms with Crippen LogP contribution in [0.1, 0.15) is 39.4 Å². The van der Waals surface area contributed by atoms with Crippen LogP contribution in [0.3, 0.4) is 0 Å². The van der Waals surface area contributed by atoms with Crippen LogP contribution in [0.25, 0.3) is 21.8 Å². The highest BCUT2D eigenvalue weighted by Gasteiger charge is 2.16. The van der Waals surface area contributed by atoms with E-state index in [-0.39, 0.29) is 18.0 Å². The van der Waals surface area contributed by atoms with Gasteiger partial charge >= 0.3 is 11.9 Å². The number of aliphatic hydroxyl groups is 1. The zero-order chi connectivity index (χ0) is 27.6. The van der Waals surface area contributed by atoms with Crippen molar-refractivity contribution < 1.29 is 29.6 Å². The molecule has 39 heavy (non-hydrogen) atoms. The maximum Gasteiger partial charge on any atom is 0.357 e. The molecule has 0 aliphatic heterocycles. The number of carbonyl (C=O) groups is 2. The first-order chi connectivity index (χ1) is 19.0. The Balaban J connectivity index is 0.000000193. The molecule has 0 bridgehead atoms. The monoisotopic (exact) mass is 530 g/mol. The van der Waals surface area contributed by atoms with E-state index in [1.807, 2.05) is 60.7 Å². The summed E-state index contributed by atoms with van der Waals surface area (Å²) < 4.78 is 9.01. The quantitative estimate of drug-likeness (QED) is 0.213. The van der Waals surface area contributed by atoms with Crippen molar-refractivity contribution in [1.29, 1.82) is 0 Å². The van der Waals surface area contributed by atoms with Crippen molar-refractivity contribution in [2.75, 3.05) is 13.2 Å². The summed E-state index contributed by atoms with van der Waals surface area (Å²) in [6, 6.07) is 24.6. The van der Waals surface area contributed by atoms with Crippen molar-refractivity contribution in [1.82, 2.24) is 19.6 Å². The highest BCUT2D eigenvalue weighted by atomic mass is 16.5. The van der Waals surface area contributed by atoms with Gasteiger partial charge in [0.2, 0.25) is 0 Å². The number of rotatable bonds is 11. The molecular formula is C29H30N4O6. The van der Waals surface area contributed by atoms with E-state index < -0.39 is 11.9 Å². The van der Waals surface area contributed by atoms with Gasteiger partial charge < -0.3 is 20.1 Å². The molecule has 0 saturated carbocycles. The molecule has 0 unspecified atom stereocenters. The lowest BCUT2D eigenvalue weighted by Gasteiger charge is -2.05. The fourth-order valence-electron chi connectivity index (χ4n) is 4.21. The Kier molecular flexibility index (Phi) is 9.39. The highest BCUT2D eigenvalue weighted by molar-refractivity contribution is 6.01. The minimum Gasteiger partial charge on any atom is -0.476 e. The summed E-state index contributed by atoms with van der Waals surface area (Å²) in [6.07, 6.45) is 1.34. The molecule has 5 aromatic rings. The second-order valence-electron chi connectivity index (χ2n) is 8.76. The Bertz CT molecular complexity index is 1540. The van der Waals surface area contributed by atoms with Gasteiger partial charge in [0.15, 0.2) is 11.4 Å². The van der Waals surface area contributed by atoms with Crippen molar-refractivity contribution in [2.45, 2.75) is 32.5 Å². The van der Waals surface area contributed by atoms with E-state index in [0.29, 0.717) is 43.5 Å². The lowest BCUT2D eigenvalue weighted by molar-refractivity contribution is 0.0680. The molecular weight excluding hydrogens is 500 g/mol. The van der Waals surface area contributed by atoms with Crippen LogP contribution < -0.4 is 0 Å². The number of aromatic carboxylic acids is 2. The molecule has 0 aliphatic carbocycles. The first-order valence-electron chi connectivity index (χ1n) is 12.6. The number of para-hydroxylation sites is 2. The molecule has 10 heteroatoms. The second kappa shape index (κ2) is 13.3. The van der Waals surface area contributed by atoms with Gasteiger partial charge in [-0.3, -0.25) is 9.36 Å². The van der Waals surface area contributed by atoms with Gasteiger partial charge in [0.05, 0.1) is 17.6 Å². The molecule has 10 nitrogen and oxygen atoms in total. The zero-order valence-electron chi connectivity index (χ0n) is 21.3. The van der Waals surface area contributed by atoms with Crippen LogP contribution in [0, 0.1) is 0 Å². The lowest BCUT2D eigenvalue weighted by atomic mass is 10.2. The van der Waals surface area contributed by atoms with E-state index >= 15 is 0 Å². The Labute approximate surface area is 224 Å². The van der Waals surface area contributed by atoms with Crippen molar-refractivity contribution in [3.05, 3.63) is 95.8 Å². The Hall–Kier alpha value is -4.54. The standard InChI is InChI=1S/C18H18N2O3.C11H12N2O3/c21-18(22)17-15-9-4-5-10-16(15)20(19-17)11-6-12-23-13-14-7-2-1-3-8-14;14-7-3-6-13-9-5-2-1-4-8(9)10(12-13)11(15)16/h1-5,7-10H,6,11-13H2,(H,21,22);1-2,4-5,14H,3,6-7H2,(H,15,16). The van der Waals surface area contributed by atoms with Gasteiger partial charge in [-0.25, -0.2) is 9.59 Å². The van der Waals surface area contributed by atoms with Crippen molar-refractivity contribution >= 4 is 33.7 Å². The summed E-state index contributed by atoms with van der Waals surface area (Å²) in [6.45, 7) is 2.40. The number of hydrogen-bond donors (Lipinski definition) is 3. The molecule has 202 valence electrons.